The highest BCUT2D eigenvalue weighted by molar-refractivity contribution is 5.36. The van der Waals surface area contributed by atoms with E-state index < -0.39 is 13.0 Å². The number of aliphatic hydroxyl groups excluding tert-OH is 1. The van der Waals surface area contributed by atoms with E-state index in [4.69, 9.17) is 5.11 Å². The Kier molecular flexibility index (Phi) is 4.18. The van der Waals surface area contributed by atoms with Crippen molar-refractivity contribution >= 4 is 5.82 Å². The second kappa shape index (κ2) is 5.43. The van der Waals surface area contributed by atoms with Gasteiger partial charge in [-0.1, -0.05) is 0 Å². The molecule has 1 aromatic heterocycles. The molecule has 0 saturated carbocycles. The summed E-state index contributed by atoms with van der Waals surface area (Å²) in [5.74, 6) is 0.398. The Bertz CT molecular complexity index is 258. The smallest absolute Gasteiger partial charge is 0.255 e. The van der Waals surface area contributed by atoms with Gasteiger partial charge in [-0.05, 0) is 6.07 Å². The number of hydrogen-bond donors (Lipinski definition) is 1. The Morgan fingerprint density at radius 3 is 2.79 bits per heavy atom. The van der Waals surface area contributed by atoms with Crippen LogP contribution in [0.4, 0.5) is 14.6 Å². The molecule has 0 saturated heterocycles. The highest BCUT2D eigenvalue weighted by Crippen LogP contribution is 2.09. The third-order valence-electron chi connectivity index (χ3n) is 1.62. The van der Waals surface area contributed by atoms with Crippen LogP contribution in [0.1, 0.15) is 0 Å². The van der Waals surface area contributed by atoms with Gasteiger partial charge in [-0.15, -0.1) is 0 Å². The predicted molar refractivity (Wildman–Crippen MR) is 47.3 cm³/mol. The summed E-state index contributed by atoms with van der Waals surface area (Å²) < 4.78 is 24.3. The maximum Gasteiger partial charge on any atom is 0.255 e. The van der Waals surface area contributed by atoms with Crippen molar-refractivity contribution in [3.63, 3.8) is 0 Å². The minimum absolute atomic E-state index is 0.140. The summed E-state index contributed by atoms with van der Waals surface area (Å²) in [6, 6.07) is 1.53. The molecule has 0 bridgehead atoms. The molecule has 0 spiro atoms. The third kappa shape index (κ3) is 3.21. The van der Waals surface area contributed by atoms with Gasteiger partial charge in [0.2, 0.25) is 0 Å². The SMILES string of the molecule is OCCN(CC(F)F)c1ccncn1. The van der Waals surface area contributed by atoms with E-state index in [1.54, 1.807) is 0 Å². The number of aromatic nitrogens is 2. The van der Waals surface area contributed by atoms with E-state index >= 15 is 0 Å². The fraction of sp³-hybridized carbons (Fsp3) is 0.500. The molecule has 0 unspecified atom stereocenters. The zero-order valence-corrected chi connectivity index (χ0v) is 7.48. The summed E-state index contributed by atoms with van der Waals surface area (Å²) >= 11 is 0. The highest BCUT2D eigenvalue weighted by Gasteiger charge is 2.12. The van der Waals surface area contributed by atoms with Crippen LogP contribution in [0.3, 0.4) is 0 Å². The van der Waals surface area contributed by atoms with E-state index in [2.05, 4.69) is 9.97 Å². The first kappa shape index (κ1) is 10.8. The molecule has 0 atom stereocenters. The number of halogens is 2. The van der Waals surface area contributed by atoms with Gasteiger partial charge in [0.15, 0.2) is 0 Å². The lowest BCUT2D eigenvalue weighted by atomic mass is 10.4. The van der Waals surface area contributed by atoms with Gasteiger partial charge in [0.1, 0.15) is 12.1 Å². The van der Waals surface area contributed by atoms with Crippen molar-refractivity contribution in [1.82, 2.24) is 9.97 Å². The number of nitrogens with zero attached hydrogens (tertiary/aromatic N) is 3. The van der Waals surface area contributed by atoms with Crippen molar-refractivity contribution < 1.29 is 13.9 Å². The zero-order valence-electron chi connectivity index (χ0n) is 7.48. The van der Waals surface area contributed by atoms with E-state index in [9.17, 15) is 8.78 Å². The largest absolute Gasteiger partial charge is 0.395 e. The van der Waals surface area contributed by atoms with Crippen molar-refractivity contribution in [2.45, 2.75) is 6.43 Å². The Morgan fingerprint density at radius 2 is 2.29 bits per heavy atom. The van der Waals surface area contributed by atoms with Gasteiger partial charge in [-0.3, -0.25) is 0 Å². The molecule has 78 valence electrons. The molecule has 0 aliphatic rings. The maximum atomic E-state index is 12.1. The molecule has 6 heteroatoms. The van der Waals surface area contributed by atoms with Gasteiger partial charge >= 0.3 is 0 Å². The fourth-order valence-electron chi connectivity index (χ4n) is 1.06. The van der Waals surface area contributed by atoms with Gasteiger partial charge in [-0.25, -0.2) is 18.7 Å². The summed E-state index contributed by atoms with van der Waals surface area (Å²) in [6.07, 6.45) is 0.306. The van der Waals surface area contributed by atoms with Crippen molar-refractivity contribution in [3.8, 4) is 0 Å². The number of aliphatic hydroxyl groups is 1. The lowest BCUT2D eigenvalue weighted by Crippen LogP contribution is -2.32. The van der Waals surface area contributed by atoms with Crippen LogP contribution >= 0.6 is 0 Å². The van der Waals surface area contributed by atoms with E-state index in [0.29, 0.717) is 5.82 Å². The van der Waals surface area contributed by atoms with Crippen LogP contribution in [0.15, 0.2) is 18.6 Å². The molecule has 14 heavy (non-hydrogen) atoms. The minimum atomic E-state index is -2.45. The summed E-state index contributed by atoms with van der Waals surface area (Å²) in [5.41, 5.74) is 0. The van der Waals surface area contributed by atoms with E-state index in [1.165, 1.54) is 23.5 Å². The van der Waals surface area contributed by atoms with Crippen LogP contribution in [-0.2, 0) is 0 Å². The van der Waals surface area contributed by atoms with Gasteiger partial charge in [0.25, 0.3) is 6.43 Å². The standard InChI is InChI=1S/C8H11F2N3O/c9-7(10)5-13(3-4-14)8-1-2-11-6-12-8/h1-2,6-7,14H,3-5H2. The van der Waals surface area contributed by atoms with Crippen LogP contribution in [0.25, 0.3) is 0 Å². The first-order valence-corrected chi connectivity index (χ1v) is 4.14. The fourth-order valence-corrected chi connectivity index (χ4v) is 1.06. The number of alkyl halides is 2. The van der Waals surface area contributed by atoms with E-state index in [1.807, 2.05) is 0 Å². The molecule has 1 rings (SSSR count). The van der Waals surface area contributed by atoms with E-state index in [0.717, 1.165) is 0 Å². The molecular weight excluding hydrogens is 192 g/mol. The van der Waals surface area contributed by atoms with Gasteiger partial charge in [0.05, 0.1) is 13.2 Å². The van der Waals surface area contributed by atoms with Gasteiger partial charge < -0.3 is 10.0 Å². The molecule has 1 N–H and O–H groups in total. The van der Waals surface area contributed by atoms with Crippen LogP contribution < -0.4 is 4.90 Å². The van der Waals surface area contributed by atoms with Crippen LogP contribution in [0.2, 0.25) is 0 Å². The first-order chi connectivity index (χ1) is 6.74. The number of hydrogen-bond acceptors (Lipinski definition) is 4. The molecule has 0 aliphatic heterocycles. The van der Waals surface area contributed by atoms with Crippen molar-refractivity contribution in [2.75, 3.05) is 24.6 Å². The summed E-state index contributed by atoms with van der Waals surface area (Å²) in [4.78, 5) is 8.81. The topological polar surface area (TPSA) is 49.2 Å². The first-order valence-electron chi connectivity index (χ1n) is 4.14. The Labute approximate surface area is 80.2 Å². The third-order valence-corrected chi connectivity index (χ3v) is 1.62. The summed E-state index contributed by atoms with van der Waals surface area (Å²) in [6.45, 7) is -0.477. The molecule has 0 aliphatic carbocycles. The summed E-state index contributed by atoms with van der Waals surface area (Å²) in [7, 11) is 0. The Morgan fingerprint density at radius 1 is 1.50 bits per heavy atom. The monoisotopic (exact) mass is 203 g/mol. The second-order valence-electron chi connectivity index (χ2n) is 2.63. The zero-order chi connectivity index (χ0) is 10.4. The second-order valence-corrected chi connectivity index (χ2v) is 2.63. The van der Waals surface area contributed by atoms with E-state index in [-0.39, 0.29) is 13.2 Å². The molecule has 1 heterocycles. The molecule has 1 aromatic rings. The molecule has 4 nitrogen and oxygen atoms in total. The molecular formula is C8H11F2N3O. The van der Waals surface area contributed by atoms with Gasteiger partial charge in [0, 0.05) is 12.7 Å². The van der Waals surface area contributed by atoms with Gasteiger partial charge in [-0.2, -0.15) is 0 Å². The molecule has 0 radical (unpaired) electrons. The number of rotatable bonds is 5. The minimum Gasteiger partial charge on any atom is -0.395 e. The highest BCUT2D eigenvalue weighted by atomic mass is 19.3. The molecule has 0 aromatic carbocycles. The lowest BCUT2D eigenvalue weighted by molar-refractivity contribution is 0.152. The van der Waals surface area contributed by atoms with Crippen LogP contribution in [-0.4, -0.2) is 41.2 Å². The molecule has 0 fully saturated rings. The average molecular weight is 203 g/mol. The summed E-state index contributed by atoms with van der Waals surface area (Å²) in [5, 5.41) is 8.68. The van der Waals surface area contributed by atoms with Crippen LogP contribution in [0.5, 0.6) is 0 Å². The normalized spacial score (nSPS) is 10.6. The lowest BCUT2D eigenvalue weighted by Gasteiger charge is -2.21. The average Bonchev–Trinajstić information content (AvgIpc) is 2.18. The quantitative estimate of drug-likeness (QED) is 0.758. The Balaban J connectivity index is 2.67. The van der Waals surface area contributed by atoms with Crippen molar-refractivity contribution in [3.05, 3.63) is 18.6 Å². The van der Waals surface area contributed by atoms with Crippen molar-refractivity contribution in [1.29, 1.82) is 0 Å². The molecule has 0 amide bonds. The Hall–Kier alpha value is -1.30. The number of anilines is 1. The van der Waals surface area contributed by atoms with Crippen LogP contribution in [0, 0.1) is 0 Å². The predicted octanol–water partition coefficient (Wildman–Crippen LogP) is 0.540. The maximum absolute atomic E-state index is 12.1. The van der Waals surface area contributed by atoms with Crippen molar-refractivity contribution in [2.24, 2.45) is 0 Å².